The Hall–Kier alpha value is -2.07. The largest absolute Gasteiger partial charge is 0.508 e. The standard InChI is InChI=1S/C19H23O5P/c1-12(2)17-11-16(5-6-18(17)20)24-19-13(3)9-15(10-14(19)4)7-8-25(21,22)23/h5-12,20H,1-4H3,(H2,21,22,23)/b8-7+. The van der Waals surface area contributed by atoms with E-state index in [1.165, 1.54) is 6.08 Å². The molecule has 0 aromatic heterocycles. The van der Waals surface area contributed by atoms with Crippen LogP contribution in [0.4, 0.5) is 0 Å². The highest BCUT2D eigenvalue weighted by Gasteiger charge is 2.12. The molecule has 0 bridgehead atoms. The molecule has 6 heteroatoms. The number of aryl methyl sites for hydroxylation is 2. The zero-order valence-corrected chi connectivity index (χ0v) is 15.6. The molecule has 0 heterocycles. The Kier molecular flexibility index (Phi) is 5.73. The molecule has 0 unspecified atom stereocenters. The Morgan fingerprint density at radius 2 is 1.68 bits per heavy atom. The molecule has 3 N–H and O–H groups in total. The molecule has 5 nitrogen and oxygen atoms in total. The van der Waals surface area contributed by atoms with Crippen molar-refractivity contribution in [1.82, 2.24) is 0 Å². The summed E-state index contributed by atoms with van der Waals surface area (Å²) in [4.78, 5) is 17.9. The van der Waals surface area contributed by atoms with Gasteiger partial charge in [0.2, 0.25) is 0 Å². The average Bonchev–Trinajstić information content (AvgIpc) is 2.49. The van der Waals surface area contributed by atoms with Crippen molar-refractivity contribution in [2.45, 2.75) is 33.6 Å². The van der Waals surface area contributed by atoms with Gasteiger partial charge in [-0.1, -0.05) is 13.8 Å². The zero-order valence-electron chi connectivity index (χ0n) is 14.7. The van der Waals surface area contributed by atoms with Crippen LogP contribution in [0, 0.1) is 13.8 Å². The van der Waals surface area contributed by atoms with Gasteiger partial charge in [0.25, 0.3) is 0 Å². The van der Waals surface area contributed by atoms with Crippen LogP contribution in [0.1, 0.15) is 42.0 Å². The summed E-state index contributed by atoms with van der Waals surface area (Å²) < 4.78 is 17.0. The lowest BCUT2D eigenvalue weighted by Gasteiger charge is -2.15. The van der Waals surface area contributed by atoms with Crippen LogP contribution in [0.15, 0.2) is 36.1 Å². The lowest BCUT2D eigenvalue weighted by atomic mass is 10.0. The molecule has 0 aliphatic carbocycles. The molecule has 2 aromatic rings. The monoisotopic (exact) mass is 362 g/mol. The third-order valence-electron chi connectivity index (χ3n) is 3.78. The highest BCUT2D eigenvalue weighted by Crippen LogP contribution is 2.38. The van der Waals surface area contributed by atoms with E-state index in [9.17, 15) is 9.67 Å². The topological polar surface area (TPSA) is 87.0 Å². The van der Waals surface area contributed by atoms with Gasteiger partial charge in [0.05, 0.1) is 0 Å². The van der Waals surface area contributed by atoms with Crippen molar-refractivity contribution < 1.29 is 24.2 Å². The lowest BCUT2D eigenvalue weighted by molar-refractivity contribution is 0.386. The first-order chi connectivity index (χ1) is 11.6. The van der Waals surface area contributed by atoms with E-state index in [1.807, 2.05) is 33.8 Å². The molecule has 0 saturated heterocycles. The van der Waals surface area contributed by atoms with Crippen LogP contribution in [0.3, 0.4) is 0 Å². The smallest absolute Gasteiger partial charge is 0.349 e. The minimum absolute atomic E-state index is 0.172. The molecular formula is C19H23O5P. The maximum atomic E-state index is 11.0. The number of hydrogen-bond acceptors (Lipinski definition) is 3. The van der Waals surface area contributed by atoms with Crippen molar-refractivity contribution in [3.63, 3.8) is 0 Å². The summed E-state index contributed by atoms with van der Waals surface area (Å²) in [7, 11) is -4.18. The van der Waals surface area contributed by atoms with Gasteiger partial charge < -0.3 is 19.6 Å². The third-order valence-corrected chi connectivity index (χ3v) is 4.32. The number of rotatable bonds is 5. The SMILES string of the molecule is Cc1cc(/C=C/P(=O)(O)O)cc(C)c1Oc1ccc(O)c(C(C)C)c1. The van der Waals surface area contributed by atoms with Gasteiger partial charge in [0.15, 0.2) is 0 Å². The Labute approximate surface area is 147 Å². The summed E-state index contributed by atoms with van der Waals surface area (Å²) in [6.45, 7) is 7.75. The number of hydrogen-bond donors (Lipinski definition) is 3. The van der Waals surface area contributed by atoms with Crippen LogP contribution >= 0.6 is 7.60 Å². The summed E-state index contributed by atoms with van der Waals surface area (Å²) in [5.41, 5.74) is 3.21. The molecule has 134 valence electrons. The lowest BCUT2D eigenvalue weighted by Crippen LogP contribution is -1.94. The van der Waals surface area contributed by atoms with E-state index in [-0.39, 0.29) is 11.7 Å². The van der Waals surface area contributed by atoms with Crippen LogP contribution in [0.25, 0.3) is 6.08 Å². The van der Waals surface area contributed by atoms with E-state index in [0.29, 0.717) is 17.1 Å². The average molecular weight is 362 g/mol. The van der Waals surface area contributed by atoms with E-state index in [4.69, 9.17) is 14.5 Å². The third kappa shape index (κ3) is 5.20. The van der Waals surface area contributed by atoms with Gasteiger partial charge in [-0.3, -0.25) is 4.57 Å². The first-order valence-corrected chi connectivity index (χ1v) is 9.61. The van der Waals surface area contributed by atoms with Gasteiger partial charge in [0, 0.05) is 11.4 Å². The van der Waals surface area contributed by atoms with E-state index < -0.39 is 7.60 Å². The number of ether oxygens (including phenoxy) is 1. The van der Waals surface area contributed by atoms with Gasteiger partial charge >= 0.3 is 7.60 Å². The maximum absolute atomic E-state index is 11.0. The van der Waals surface area contributed by atoms with E-state index in [0.717, 1.165) is 22.5 Å². The van der Waals surface area contributed by atoms with E-state index in [1.54, 1.807) is 24.3 Å². The maximum Gasteiger partial charge on any atom is 0.349 e. The summed E-state index contributed by atoms with van der Waals surface area (Å²) >= 11 is 0. The molecule has 0 atom stereocenters. The molecule has 25 heavy (non-hydrogen) atoms. The molecule has 0 amide bonds. The van der Waals surface area contributed by atoms with Gasteiger partial charge in [-0.25, -0.2) is 0 Å². The van der Waals surface area contributed by atoms with Crippen LogP contribution < -0.4 is 4.74 Å². The van der Waals surface area contributed by atoms with Crippen LogP contribution in [0.5, 0.6) is 17.2 Å². The Morgan fingerprint density at radius 1 is 1.08 bits per heavy atom. The molecule has 0 aliphatic heterocycles. The Balaban J connectivity index is 2.34. The fourth-order valence-electron chi connectivity index (χ4n) is 2.60. The zero-order chi connectivity index (χ0) is 18.8. The van der Waals surface area contributed by atoms with Crippen LogP contribution in [-0.2, 0) is 4.57 Å². The molecule has 2 aromatic carbocycles. The molecule has 0 spiro atoms. The highest BCUT2D eigenvalue weighted by molar-refractivity contribution is 7.55. The number of phenols is 1. The molecule has 0 radical (unpaired) electrons. The normalized spacial score (nSPS) is 12.1. The summed E-state index contributed by atoms with van der Waals surface area (Å²) in [5, 5.41) is 9.91. The van der Waals surface area contributed by atoms with Gasteiger partial charge in [-0.2, -0.15) is 0 Å². The second-order valence-electron chi connectivity index (χ2n) is 6.37. The predicted octanol–water partition coefficient (Wildman–Crippen LogP) is 5.07. The molecule has 0 fully saturated rings. The van der Waals surface area contributed by atoms with Crippen molar-refractivity contribution >= 4 is 13.7 Å². The Morgan fingerprint density at radius 3 is 2.20 bits per heavy atom. The van der Waals surface area contributed by atoms with Crippen molar-refractivity contribution in [2.75, 3.05) is 0 Å². The number of aromatic hydroxyl groups is 1. The van der Waals surface area contributed by atoms with Crippen molar-refractivity contribution in [3.05, 3.63) is 58.4 Å². The van der Waals surface area contributed by atoms with Gasteiger partial charge in [0.1, 0.15) is 17.2 Å². The first-order valence-electron chi connectivity index (χ1n) is 7.93. The summed E-state index contributed by atoms with van der Waals surface area (Å²) in [6.07, 6.45) is 1.40. The Bertz CT molecular complexity index is 826. The number of phenolic OH excluding ortho intramolecular Hbond substituents is 1. The predicted molar refractivity (Wildman–Crippen MR) is 99.3 cm³/mol. The summed E-state index contributed by atoms with van der Waals surface area (Å²) in [5.74, 6) is 2.62. The second kappa shape index (κ2) is 7.44. The number of benzene rings is 2. The van der Waals surface area contributed by atoms with Crippen molar-refractivity contribution in [3.8, 4) is 17.2 Å². The molecule has 0 aliphatic rings. The van der Waals surface area contributed by atoms with Gasteiger partial charge in [-0.05, 0) is 72.9 Å². The van der Waals surface area contributed by atoms with Crippen molar-refractivity contribution in [2.24, 2.45) is 0 Å². The van der Waals surface area contributed by atoms with Crippen molar-refractivity contribution in [1.29, 1.82) is 0 Å². The fourth-order valence-corrected chi connectivity index (χ4v) is 2.97. The molecule has 2 rings (SSSR count). The van der Waals surface area contributed by atoms with Crippen LogP contribution in [0.2, 0.25) is 0 Å². The quantitative estimate of drug-likeness (QED) is 0.646. The van der Waals surface area contributed by atoms with Crippen LogP contribution in [-0.4, -0.2) is 14.9 Å². The fraction of sp³-hybridized carbons (Fsp3) is 0.263. The molecular weight excluding hydrogens is 339 g/mol. The van der Waals surface area contributed by atoms with E-state index >= 15 is 0 Å². The second-order valence-corrected chi connectivity index (χ2v) is 7.84. The summed E-state index contributed by atoms with van der Waals surface area (Å²) in [6, 6.07) is 8.76. The molecule has 0 saturated carbocycles. The minimum atomic E-state index is -4.18. The highest BCUT2D eigenvalue weighted by atomic mass is 31.2. The van der Waals surface area contributed by atoms with E-state index in [2.05, 4.69) is 0 Å². The van der Waals surface area contributed by atoms with Gasteiger partial charge in [-0.15, -0.1) is 0 Å². The first kappa shape index (κ1) is 19.3. The minimum Gasteiger partial charge on any atom is -0.508 e.